The van der Waals surface area contributed by atoms with Crippen LogP contribution in [0.15, 0.2) is 60.2 Å². The minimum Gasteiger partial charge on any atom is -0.457 e. The van der Waals surface area contributed by atoms with Crippen molar-refractivity contribution in [3.05, 3.63) is 76.2 Å². The fourth-order valence-electron chi connectivity index (χ4n) is 2.13. The fraction of sp³-hybridized carbons (Fsp3) is 0.0588. The number of carbonyl (C=O) groups excluding carboxylic acids is 2. The molecule has 23 heavy (non-hydrogen) atoms. The Balaban J connectivity index is 1.68. The molecule has 0 radical (unpaired) electrons. The molecule has 6 heteroatoms. The summed E-state index contributed by atoms with van der Waals surface area (Å²) in [6, 6.07) is 12.3. The van der Waals surface area contributed by atoms with E-state index in [1.807, 2.05) is 40.5 Å². The summed E-state index contributed by atoms with van der Waals surface area (Å²) in [5, 5.41) is 1.85. The van der Waals surface area contributed by atoms with E-state index in [1.165, 1.54) is 11.3 Å². The molecule has 0 aliphatic heterocycles. The van der Waals surface area contributed by atoms with Crippen LogP contribution in [0.1, 0.15) is 25.6 Å². The molecule has 2 heterocycles. The number of benzene rings is 1. The van der Waals surface area contributed by atoms with E-state index in [1.54, 1.807) is 24.3 Å². The van der Waals surface area contributed by atoms with Gasteiger partial charge in [-0.3, -0.25) is 4.79 Å². The standard InChI is InChI=1S/C17H14N2O3S/c18-16(20)13-5-3-12(4-6-13)11-22-17(21)15-14(7-10-23-15)19-8-1-2-9-19/h1-10H,11H2,(H2,18,20). The average Bonchev–Trinajstić information content (AvgIpc) is 3.23. The van der Waals surface area contributed by atoms with Crippen LogP contribution in [0.3, 0.4) is 0 Å². The van der Waals surface area contributed by atoms with Crippen molar-refractivity contribution in [1.82, 2.24) is 4.57 Å². The van der Waals surface area contributed by atoms with E-state index in [0.717, 1.165) is 11.3 Å². The Morgan fingerprint density at radius 2 is 1.78 bits per heavy atom. The van der Waals surface area contributed by atoms with Crippen molar-refractivity contribution < 1.29 is 14.3 Å². The molecule has 3 aromatic rings. The first kappa shape index (κ1) is 15.1. The second-order valence-corrected chi connectivity index (χ2v) is 5.78. The van der Waals surface area contributed by atoms with Crippen molar-refractivity contribution in [2.45, 2.75) is 6.61 Å². The molecule has 0 aliphatic carbocycles. The van der Waals surface area contributed by atoms with E-state index in [4.69, 9.17) is 10.5 Å². The molecule has 5 nitrogen and oxygen atoms in total. The molecular formula is C17H14N2O3S. The lowest BCUT2D eigenvalue weighted by Gasteiger charge is -2.07. The number of nitrogens with zero attached hydrogens (tertiary/aromatic N) is 1. The smallest absolute Gasteiger partial charge is 0.350 e. The Morgan fingerprint density at radius 3 is 2.43 bits per heavy atom. The minimum atomic E-state index is -0.483. The van der Waals surface area contributed by atoms with Gasteiger partial charge in [0.15, 0.2) is 0 Å². The zero-order chi connectivity index (χ0) is 16.2. The number of rotatable bonds is 5. The van der Waals surface area contributed by atoms with Gasteiger partial charge in [-0.05, 0) is 41.3 Å². The Kier molecular flexibility index (Phi) is 4.25. The normalized spacial score (nSPS) is 10.4. The predicted molar refractivity (Wildman–Crippen MR) is 87.7 cm³/mol. The Morgan fingerprint density at radius 1 is 1.09 bits per heavy atom. The molecule has 0 aliphatic rings. The van der Waals surface area contributed by atoms with Gasteiger partial charge in [-0.1, -0.05) is 12.1 Å². The van der Waals surface area contributed by atoms with Gasteiger partial charge in [-0.2, -0.15) is 0 Å². The molecule has 2 aromatic heterocycles. The van der Waals surface area contributed by atoms with Crippen LogP contribution in [0.5, 0.6) is 0 Å². The summed E-state index contributed by atoms with van der Waals surface area (Å²) >= 11 is 1.34. The maximum Gasteiger partial charge on any atom is 0.350 e. The van der Waals surface area contributed by atoms with Crippen molar-refractivity contribution in [3.63, 3.8) is 0 Å². The average molecular weight is 326 g/mol. The van der Waals surface area contributed by atoms with Gasteiger partial charge in [-0.15, -0.1) is 11.3 Å². The van der Waals surface area contributed by atoms with Crippen LogP contribution in [0.25, 0.3) is 5.69 Å². The molecule has 0 unspecified atom stereocenters. The molecule has 0 saturated carbocycles. The van der Waals surface area contributed by atoms with Crippen LogP contribution in [-0.4, -0.2) is 16.4 Å². The van der Waals surface area contributed by atoms with Crippen LogP contribution in [0, 0.1) is 0 Å². The number of ether oxygens (including phenoxy) is 1. The Labute approximate surface area is 136 Å². The number of primary amides is 1. The first-order chi connectivity index (χ1) is 11.1. The molecule has 2 N–H and O–H groups in total. The highest BCUT2D eigenvalue weighted by Crippen LogP contribution is 2.22. The quantitative estimate of drug-likeness (QED) is 0.732. The maximum atomic E-state index is 12.3. The number of nitrogens with two attached hydrogens (primary N) is 1. The molecule has 1 aromatic carbocycles. The second-order valence-electron chi connectivity index (χ2n) is 4.86. The van der Waals surface area contributed by atoms with Crippen molar-refractivity contribution in [2.24, 2.45) is 5.73 Å². The molecule has 0 fully saturated rings. The molecule has 0 saturated heterocycles. The van der Waals surface area contributed by atoms with Crippen molar-refractivity contribution >= 4 is 23.2 Å². The Bertz CT molecular complexity index is 820. The van der Waals surface area contributed by atoms with E-state index in [9.17, 15) is 9.59 Å². The molecular weight excluding hydrogens is 312 g/mol. The van der Waals surface area contributed by atoms with Crippen LogP contribution in [0.2, 0.25) is 0 Å². The van der Waals surface area contributed by atoms with Gasteiger partial charge < -0.3 is 15.0 Å². The number of esters is 1. The molecule has 1 amide bonds. The highest BCUT2D eigenvalue weighted by atomic mass is 32.1. The monoisotopic (exact) mass is 326 g/mol. The largest absolute Gasteiger partial charge is 0.457 e. The SMILES string of the molecule is NC(=O)c1ccc(COC(=O)c2sccc2-n2cccc2)cc1. The molecule has 3 rings (SSSR count). The minimum absolute atomic E-state index is 0.140. The highest BCUT2D eigenvalue weighted by molar-refractivity contribution is 7.12. The summed E-state index contributed by atoms with van der Waals surface area (Å²) in [6.07, 6.45) is 3.75. The summed E-state index contributed by atoms with van der Waals surface area (Å²) in [5.41, 5.74) is 7.21. The lowest BCUT2D eigenvalue weighted by atomic mass is 10.1. The van der Waals surface area contributed by atoms with Crippen LogP contribution in [0.4, 0.5) is 0 Å². The molecule has 0 bridgehead atoms. The third-order valence-corrected chi connectivity index (χ3v) is 4.20. The highest BCUT2D eigenvalue weighted by Gasteiger charge is 2.15. The van der Waals surface area contributed by atoms with Gasteiger partial charge >= 0.3 is 5.97 Å². The number of thiophene rings is 1. The van der Waals surface area contributed by atoms with E-state index >= 15 is 0 Å². The van der Waals surface area contributed by atoms with Crippen LogP contribution in [-0.2, 0) is 11.3 Å². The summed E-state index contributed by atoms with van der Waals surface area (Å²) in [5.74, 6) is -0.855. The van der Waals surface area contributed by atoms with E-state index in [-0.39, 0.29) is 12.6 Å². The molecule has 0 atom stereocenters. The first-order valence-electron chi connectivity index (χ1n) is 6.92. The maximum absolute atomic E-state index is 12.3. The van der Waals surface area contributed by atoms with Gasteiger partial charge in [0.05, 0.1) is 5.69 Å². The van der Waals surface area contributed by atoms with Crippen molar-refractivity contribution in [1.29, 1.82) is 0 Å². The number of hydrogen-bond donors (Lipinski definition) is 1. The number of carbonyl (C=O) groups is 2. The second kappa shape index (κ2) is 6.50. The molecule has 0 spiro atoms. The first-order valence-corrected chi connectivity index (χ1v) is 7.80. The topological polar surface area (TPSA) is 74.3 Å². The summed E-state index contributed by atoms with van der Waals surface area (Å²) in [6.45, 7) is 0.140. The summed E-state index contributed by atoms with van der Waals surface area (Å²) in [7, 11) is 0. The zero-order valence-electron chi connectivity index (χ0n) is 12.1. The van der Waals surface area contributed by atoms with Gasteiger partial charge in [-0.25, -0.2) is 4.79 Å². The zero-order valence-corrected chi connectivity index (χ0v) is 13.0. The van der Waals surface area contributed by atoms with Gasteiger partial charge in [0, 0.05) is 18.0 Å². The summed E-state index contributed by atoms with van der Waals surface area (Å²) < 4.78 is 7.22. The number of hydrogen-bond acceptors (Lipinski definition) is 4. The third-order valence-electron chi connectivity index (χ3n) is 3.32. The lowest BCUT2D eigenvalue weighted by Crippen LogP contribution is -2.11. The Hall–Kier alpha value is -2.86. The van der Waals surface area contributed by atoms with Crippen molar-refractivity contribution in [2.75, 3.05) is 0 Å². The molecule has 116 valence electrons. The van der Waals surface area contributed by atoms with Gasteiger partial charge in [0.25, 0.3) is 0 Å². The van der Waals surface area contributed by atoms with Gasteiger partial charge in [0.1, 0.15) is 11.5 Å². The van der Waals surface area contributed by atoms with E-state index in [0.29, 0.717) is 10.4 Å². The fourth-order valence-corrected chi connectivity index (χ4v) is 2.92. The lowest BCUT2D eigenvalue weighted by molar-refractivity contribution is 0.0478. The summed E-state index contributed by atoms with van der Waals surface area (Å²) in [4.78, 5) is 23.8. The number of amides is 1. The number of aromatic nitrogens is 1. The van der Waals surface area contributed by atoms with Gasteiger partial charge in [0.2, 0.25) is 5.91 Å². The third kappa shape index (κ3) is 3.32. The van der Waals surface area contributed by atoms with Crippen LogP contribution < -0.4 is 5.73 Å². The van der Waals surface area contributed by atoms with Crippen LogP contribution >= 0.6 is 11.3 Å². The van der Waals surface area contributed by atoms with Crippen molar-refractivity contribution in [3.8, 4) is 5.69 Å². The van der Waals surface area contributed by atoms with E-state index < -0.39 is 5.91 Å². The van der Waals surface area contributed by atoms with E-state index in [2.05, 4.69) is 0 Å². The predicted octanol–water partition coefficient (Wildman–Crippen LogP) is 2.99.